The molecule has 0 unspecified atom stereocenters. The van der Waals surface area contributed by atoms with Crippen LogP contribution in [0.15, 0.2) is 99.9 Å². The summed E-state index contributed by atoms with van der Waals surface area (Å²) in [5.41, 5.74) is 2.86. The summed E-state index contributed by atoms with van der Waals surface area (Å²) >= 11 is 1.24. The Bertz CT molecular complexity index is 2210. The van der Waals surface area contributed by atoms with Crippen molar-refractivity contribution in [1.29, 1.82) is 0 Å². The van der Waals surface area contributed by atoms with E-state index in [-0.39, 0.29) is 17.7 Å². The maximum absolute atomic E-state index is 14.2. The second kappa shape index (κ2) is 14.2. The predicted molar refractivity (Wildman–Crippen MR) is 186 cm³/mol. The number of rotatable bonds is 11. The third kappa shape index (κ3) is 6.31. The third-order valence-corrected chi connectivity index (χ3v) is 9.06. The van der Waals surface area contributed by atoms with Crippen molar-refractivity contribution in [3.63, 3.8) is 0 Å². The van der Waals surface area contributed by atoms with Crippen LogP contribution in [0.5, 0.6) is 23.0 Å². The van der Waals surface area contributed by atoms with Gasteiger partial charge < -0.3 is 23.7 Å². The van der Waals surface area contributed by atoms with E-state index < -0.39 is 12.0 Å². The molecule has 1 aromatic heterocycles. The molecule has 9 nitrogen and oxygen atoms in total. The number of thiazole rings is 1. The summed E-state index contributed by atoms with van der Waals surface area (Å²) in [4.78, 5) is 32.7. The van der Waals surface area contributed by atoms with E-state index in [2.05, 4.69) is 29.3 Å². The van der Waals surface area contributed by atoms with Gasteiger partial charge in [0, 0.05) is 11.6 Å². The fraction of sp³-hybridized carbons (Fsp3) is 0.237. The second-order valence-electron chi connectivity index (χ2n) is 11.0. The first-order valence-corrected chi connectivity index (χ1v) is 16.5. The van der Waals surface area contributed by atoms with Gasteiger partial charge in [-0.05, 0) is 73.0 Å². The van der Waals surface area contributed by atoms with Crippen molar-refractivity contribution in [3.05, 3.63) is 127 Å². The first kappa shape index (κ1) is 32.6. The van der Waals surface area contributed by atoms with E-state index in [1.165, 1.54) is 23.0 Å². The molecule has 0 amide bonds. The number of ether oxygens (including phenoxy) is 5. The fourth-order valence-electron chi connectivity index (χ4n) is 5.86. The summed E-state index contributed by atoms with van der Waals surface area (Å²) in [5, 5.41) is 2.29. The molecule has 246 valence electrons. The van der Waals surface area contributed by atoms with Gasteiger partial charge in [-0.2, -0.15) is 0 Å². The normalized spacial score (nSPS) is 14.4. The summed E-state index contributed by atoms with van der Waals surface area (Å²) in [6, 6.07) is 24.4. The zero-order valence-electron chi connectivity index (χ0n) is 27.4. The lowest BCUT2D eigenvalue weighted by molar-refractivity contribution is -0.139. The van der Waals surface area contributed by atoms with Gasteiger partial charge in [0.15, 0.2) is 16.3 Å². The number of esters is 1. The Morgan fingerprint density at radius 2 is 1.71 bits per heavy atom. The Labute approximate surface area is 281 Å². The molecule has 0 saturated carbocycles. The van der Waals surface area contributed by atoms with Crippen molar-refractivity contribution in [3.8, 4) is 23.0 Å². The van der Waals surface area contributed by atoms with Crippen LogP contribution in [0.2, 0.25) is 0 Å². The van der Waals surface area contributed by atoms with Gasteiger partial charge in [-0.25, -0.2) is 9.79 Å². The molecule has 0 saturated heterocycles. The van der Waals surface area contributed by atoms with Crippen LogP contribution in [-0.2, 0) is 16.1 Å². The lowest BCUT2D eigenvalue weighted by Gasteiger charge is -2.26. The zero-order valence-corrected chi connectivity index (χ0v) is 28.3. The molecule has 0 spiro atoms. The molecule has 10 heteroatoms. The lowest BCUT2D eigenvalue weighted by Crippen LogP contribution is -2.40. The van der Waals surface area contributed by atoms with Crippen LogP contribution in [0.1, 0.15) is 43.5 Å². The molecule has 1 aliphatic rings. The van der Waals surface area contributed by atoms with Crippen LogP contribution in [0.3, 0.4) is 0 Å². The molecule has 6 rings (SSSR count). The maximum Gasteiger partial charge on any atom is 0.338 e. The highest BCUT2D eigenvalue weighted by molar-refractivity contribution is 7.07. The van der Waals surface area contributed by atoms with Gasteiger partial charge in [0.05, 0.1) is 43.2 Å². The number of nitrogens with zero attached hydrogens (tertiary/aromatic N) is 2. The monoisotopic (exact) mass is 664 g/mol. The summed E-state index contributed by atoms with van der Waals surface area (Å²) in [6.07, 6.45) is 1.80. The van der Waals surface area contributed by atoms with E-state index >= 15 is 0 Å². The minimum Gasteiger partial charge on any atom is -0.497 e. The molecule has 1 aliphatic heterocycles. The SMILES string of the molecule is CCOC(=O)C1=C(C)N=c2s/c(=C/c3ccc(OCc4cccc5ccccc45)c(OCC)c3)c(=O)n2[C@@H]1c1ccc(OC)cc1OC. The van der Waals surface area contributed by atoms with Crippen LogP contribution >= 0.6 is 11.3 Å². The maximum atomic E-state index is 14.2. The molecule has 0 fully saturated rings. The molecule has 0 radical (unpaired) electrons. The second-order valence-corrected chi connectivity index (χ2v) is 12.0. The van der Waals surface area contributed by atoms with Gasteiger partial charge in [-0.15, -0.1) is 0 Å². The van der Waals surface area contributed by atoms with E-state index in [4.69, 9.17) is 23.7 Å². The number of carbonyl (C=O) groups excluding carboxylic acids is 1. The highest BCUT2D eigenvalue weighted by atomic mass is 32.1. The van der Waals surface area contributed by atoms with Crippen molar-refractivity contribution in [1.82, 2.24) is 4.57 Å². The van der Waals surface area contributed by atoms with Gasteiger partial charge in [-0.1, -0.05) is 59.9 Å². The molecule has 0 bridgehead atoms. The van der Waals surface area contributed by atoms with Crippen LogP contribution in [0.4, 0.5) is 0 Å². The van der Waals surface area contributed by atoms with E-state index in [1.54, 1.807) is 45.2 Å². The smallest absolute Gasteiger partial charge is 0.338 e. The quantitative estimate of drug-likeness (QED) is 0.161. The van der Waals surface area contributed by atoms with Crippen LogP contribution in [0, 0.1) is 0 Å². The number of benzene rings is 4. The number of aromatic nitrogens is 1. The van der Waals surface area contributed by atoms with E-state index in [1.807, 2.05) is 43.3 Å². The molecule has 1 atom stereocenters. The topological polar surface area (TPSA) is 97.6 Å². The summed E-state index contributed by atoms with van der Waals surface area (Å²) < 4.78 is 30.7. The minimum atomic E-state index is -0.827. The molecule has 4 aromatic carbocycles. The zero-order chi connectivity index (χ0) is 33.8. The Kier molecular flexibility index (Phi) is 9.63. The standard InChI is InChI=1S/C38H36N2O7S/c1-6-45-32-19-24(15-18-30(32)47-22-26-13-10-12-25-11-8-9-14-28(25)26)20-33-36(41)40-35(29-17-16-27(43-4)21-31(29)44-5)34(37(42)46-7-2)23(3)39-38(40)48-33/h8-21,35H,6-7,22H2,1-5H3/b33-20+/t35-/m1/s1. The number of allylic oxidation sites excluding steroid dienone is 1. The Morgan fingerprint density at radius 1 is 0.896 bits per heavy atom. The number of carbonyl (C=O) groups is 1. The van der Waals surface area contributed by atoms with Crippen LogP contribution in [0.25, 0.3) is 16.8 Å². The van der Waals surface area contributed by atoms with Gasteiger partial charge in [0.2, 0.25) is 0 Å². The van der Waals surface area contributed by atoms with Gasteiger partial charge in [0.1, 0.15) is 24.1 Å². The number of hydrogen-bond donors (Lipinski definition) is 0. The average molecular weight is 665 g/mol. The van der Waals surface area contributed by atoms with Crippen molar-refractivity contribution in [2.24, 2.45) is 4.99 Å². The fourth-order valence-corrected chi connectivity index (χ4v) is 6.90. The Morgan fingerprint density at radius 3 is 2.48 bits per heavy atom. The van der Waals surface area contributed by atoms with E-state index in [0.717, 1.165) is 21.9 Å². The van der Waals surface area contributed by atoms with Crippen molar-refractivity contribution in [2.45, 2.75) is 33.4 Å². The van der Waals surface area contributed by atoms with Crippen LogP contribution in [-0.4, -0.2) is 38.0 Å². The van der Waals surface area contributed by atoms with Gasteiger partial charge in [0.25, 0.3) is 5.56 Å². The molecular formula is C38H36N2O7S. The Balaban J connectivity index is 1.40. The summed E-state index contributed by atoms with van der Waals surface area (Å²) in [6.45, 7) is 6.39. The summed E-state index contributed by atoms with van der Waals surface area (Å²) in [5.74, 6) is 1.67. The van der Waals surface area contributed by atoms with Crippen molar-refractivity contribution < 1.29 is 28.5 Å². The molecular weight excluding hydrogens is 628 g/mol. The van der Waals surface area contributed by atoms with Crippen molar-refractivity contribution >= 4 is 34.2 Å². The van der Waals surface area contributed by atoms with Crippen molar-refractivity contribution in [2.75, 3.05) is 27.4 Å². The molecule has 0 aliphatic carbocycles. The molecule has 5 aromatic rings. The Hall–Kier alpha value is -5.35. The van der Waals surface area contributed by atoms with Gasteiger partial charge in [-0.3, -0.25) is 9.36 Å². The molecule has 2 heterocycles. The van der Waals surface area contributed by atoms with E-state index in [0.29, 0.717) is 56.8 Å². The number of hydrogen-bond acceptors (Lipinski definition) is 9. The first-order valence-electron chi connectivity index (χ1n) is 15.6. The van der Waals surface area contributed by atoms with E-state index in [9.17, 15) is 9.59 Å². The third-order valence-electron chi connectivity index (χ3n) is 8.08. The molecule has 0 N–H and O–H groups in total. The minimum absolute atomic E-state index is 0.177. The van der Waals surface area contributed by atoms with Crippen LogP contribution < -0.4 is 33.8 Å². The van der Waals surface area contributed by atoms with Gasteiger partial charge >= 0.3 is 5.97 Å². The number of methoxy groups -OCH3 is 2. The predicted octanol–water partition coefficient (Wildman–Crippen LogP) is 5.95. The largest absolute Gasteiger partial charge is 0.497 e. The first-order chi connectivity index (χ1) is 23.4. The highest BCUT2D eigenvalue weighted by Gasteiger charge is 2.35. The molecule has 48 heavy (non-hydrogen) atoms. The summed E-state index contributed by atoms with van der Waals surface area (Å²) in [7, 11) is 3.10. The number of fused-ring (bicyclic) bond motifs is 2. The highest BCUT2D eigenvalue weighted by Crippen LogP contribution is 2.38. The lowest BCUT2D eigenvalue weighted by atomic mass is 9.95. The average Bonchev–Trinajstić information content (AvgIpc) is 3.40.